The van der Waals surface area contributed by atoms with E-state index in [0.717, 1.165) is 11.1 Å². The largest absolute Gasteiger partial charge is 0.329 e. The number of benzene rings is 2. The smallest absolute Gasteiger partial charge is 0.250 e. The molecule has 25 heavy (non-hydrogen) atoms. The third-order valence-corrected chi connectivity index (χ3v) is 4.71. The van der Waals surface area contributed by atoms with E-state index in [1.54, 1.807) is 21.9 Å². The number of rotatable bonds is 4. The summed E-state index contributed by atoms with van der Waals surface area (Å²) in [5.41, 5.74) is 1.78. The van der Waals surface area contributed by atoms with Crippen LogP contribution in [0.15, 0.2) is 54.6 Å². The van der Waals surface area contributed by atoms with Gasteiger partial charge in [-0.3, -0.25) is 9.59 Å². The number of hydrogen-bond donors (Lipinski definition) is 0. The molecule has 5 heteroatoms. The molecule has 4 nitrogen and oxygen atoms in total. The quantitative estimate of drug-likeness (QED) is 0.838. The summed E-state index contributed by atoms with van der Waals surface area (Å²) in [4.78, 5) is 29.2. The van der Waals surface area contributed by atoms with Crippen LogP contribution in [0.1, 0.15) is 31.0 Å². The van der Waals surface area contributed by atoms with Gasteiger partial charge in [-0.25, -0.2) is 0 Å². The van der Waals surface area contributed by atoms with Gasteiger partial charge in [0.05, 0.1) is 0 Å². The van der Waals surface area contributed by atoms with Crippen molar-refractivity contribution in [3.05, 3.63) is 70.7 Å². The van der Waals surface area contributed by atoms with Crippen LogP contribution in [0, 0.1) is 0 Å². The molecule has 2 aromatic rings. The van der Waals surface area contributed by atoms with Gasteiger partial charge in [-0.05, 0) is 37.1 Å². The Morgan fingerprint density at radius 1 is 1.04 bits per heavy atom. The van der Waals surface area contributed by atoms with Crippen molar-refractivity contribution in [2.24, 2.45) is 0 Å². The van der Waals surface area contributed by atoms with E-state index in [2.05, 4.69) is 0 Å². The molecule has 1 atom stereocenters. The first-order valence-electron chi connectivity index (χ1n) is 8.36. The van der Waals surface area contributed by atoms with Gasteiger partial charge in [0, 0.05) is 17.6 Å². The Labute approximate surface area is 153 Å². The minimum atomic E-state index is -0.624. The molecule has 2 aromatic carbocycles. The van der Waals surface area contributed by atoms with Gasteiger partial charge >= 0.3 is 0 Å². The maximum atomic E-state index is 13.1. The Morgan fingerprint density at radius 2 is 1.68 bits per heavy atom. The molecular weight excluding hydrogens is 336 g/mol. The van der Waals surface area contributed by atoms with Crippen molar-refractivity contribution in [1.82, 2.24) is 9.80 Å². The Bertz CT molecular complexity index is 759. The topological polar surface area (TPSA) is 40.6 Å². The van der Waals surface area contributed by atoms with E-state index in [0.29, 0.717) is 11.6 Å². The molecule has 2 amide bonds. The van der Waals surface area contributed by atoms with E-state index < -0.39 is 6.04 Å². The molecule has 130 valence electrons. The summed E-state index contributed by atoms with van der Waals surface area (Å²) in [5, 5.41) is 0.605. The second-order valence-electron chi connectivity index (χ2n) is 6.52. The third kappa shape index (κ3) is 3.69. The molecular formula is C20H21ClN2O2. The zero-order chi connectivity index (χ0) is 18.0. The lowest BCUT2D eigenvalue weighted by atomic mass is 9.99. The highest BCUT2D eigenvalue weighted by Gasteiger charge is 2.41. The first kappa shape index (κ1) is 17.5. The second-order valence-corrected chi connectivity index (χ2v) is 6.96. The van der Waals surface area contributed by atoms with Crippen LogP contribution < -0.4 is 0 Å². The fraction of sp³-hybridized carbons (Fsp3) is 0.300. The molecule has 0 radical (unpaired) electrons. The lowest BCUT2D eigenvalue weighted by Gasteiger charge is -2.42. The number of piperazine rings is 1. The number of hydrogen-bond acceptors (Lipinski definition) is 2. The van der Waals surface area contributed by atoms with Gasteiger partial charge in [0.2, 0.25) is 5.91 Å². The highest BCUT2D eigenvalue weighted by Crippen LogP contribution is 2.30. The lowest BCUT2D eigenvalue weighted by Crippen LogP contribution is -2.56. The molecule has 0 saturated carbocycles. The molecule has 1 aliphatic heterocycles. The lowest BCUT2D eigenvalue weighted by molar-refractivity contribution is -0.158. The van der Waals surface area contributed by atoms with Crippen molar-refractivity contribution < 1.29 is 9.59 Å². The monoisotopic (exact) mass is 356 g/mol. The number of carbonyl (C=O) groups excluding carboxylic acids is 2. The van der Waals surface area contributed by atoms with Crippen molar-refractivity contribution in [1.29, 1.82) is 0 Å². The van der Waals surface area contributed by atoms with E-state index in [4.69, 9.17) is 11.6 Å². The zero-order valence-corrected chi connectivity index (χ0v) is 15.1. The molecule has 0 aliphatic carbocycles. The number of nitrogens with zero attached hydrogens (tertiary/aromatic N) is 2. The SMILES string of the molecule is CC(C)N1CC(=O)N(Cc2ccccc2)C(c2ccc(Cl)cc2)C1=O. The maximum absolute atomic E-state index is 13.1. The summed E-state index contributed by atoms with van der Waals surface area (Å²) < 4.78 is 0. The van der Waals surface area contributed by atoms with Crippen molar-refractivity contribution >= 4 is 23.4 Å². The second kappa shape index (κ2) is 7.28. The molecule has 0 aromatic heterocycles. The summed E-state index contributed by atoms with van der Waals surface area (Å²) in [6, 6.07) is 16.2. The fourth-order valence-electron chi connectivity index (χ4n) is 3.11. The predicted molar refractivity (Wildman–Crippen MR) is 98.0 cm³/mol. The molecule has 1 saturated heterocycles. The molecule has 3 rings (SSSR count). The molecule has 1 unspecified atom stereocenters. The van der Waals surface area contributed by atoms with Crippen LogP contribution in [0.25, 0.3) is 0 Å². The van der Waals surface area contributed by atoms with E-state index in [9.17, 15) is 9.59 Å². The standard InChI is InChI=1S/C20H21ClN2O2/c1-14(2)22-13-18(24)23(12-15-6-4-3-5-7-15)19(20(22)25)16-8-10-17(21)11-9-16/h3-11,14,19H,12-13H2,1-2H3. The summed E-state index contributed by atoms with van der Waals surface area (Å²) >= 11 is 5.99. The highest BCUT2D eigenvalue weighted by atomic mass is 35.5. The average molecular weight is 357 g/mol. The van der Waals surface area contributed by atoms with E-state index in [1.807, 2.05) is 56.3 Å². The van der Waals surface area contributed by atoms with Gasteiger partial charge in [0.15, 0.2) is 0 Å². The van der Waals surface area contributed by atoms with Crippen LogP contribution in [0.4, 0.5) is 0 Å². The van der Waals surface area contributed by atoms with Crippen molar-refractivity contribution in [2.45, 2.75) is 32.5 Å². The van der Waals surface area contributed by atoms with Crippen molar-refractivity contribution in [3.8, 4) is 0 Å². The van der Waals surface area contributed by atoms with Gasteiger partial charge in [-0.1, -0.05) is 54.1 Å². The number of amides is 2. The molecule has 1 aliphatic rings. The van der Waals surface area contributed by atoms with Crippen molar-refractivity contribution in [3.63, 3.8) is 0 Å². The molecule has 0 spiro atoms. The van der Waals surface area contributed by atoms with Gasteiger partial charge in [-0.2, -0.15) is 0 Å². The number of carbonyl (C=O) groups is 2. The van der Waals surface area contributed by atoms with Crippen LogP contribution in [-0.2, 0) is 16.1 Å². The zero-order valence-electron chi connectivity index (χ0n) is 14.4. The minimum Gasteiger partial charge on any atom is -0.329 e. The van der Waals surface area contributed by atoms with Gasteiger partial charge in [-0.15, -0.1) is 0 Å². The number of halogens is 1. The van der Waals surface area contributed by atoms with Crippen LogP contribution in [0.3, 0.4) is 0 Å². The molecule has 1 fully saturated rings. The maximum Gasteiger partial charge on any atom is 0.250 e. The predicted octanol–water partition coefficient (Wildman–Crippen LogP) is 3.66. The minimum absolute atomic E-state index is 0.0230. The highest BCUT2D eigenvalue weighted by molar-refractivity contribution is 6.30. The van der Waals surface area contributed by atoms with Crippen LogP contribution in [0.5, 0.6) is 0 Å². The Hall–Kier alpha value is -2.33. The Kier molecular flexibility index (Phi) is 5.09. The molecule has 1 heterocycles. The third-order valence-electron chi connectivity index (χ3n) is 4.46. The average Bonchev–Trinajstić information content (AvgIpc) is 2.60. The van der Waals surface area contributed by atoms with E-state index in [1.165, 1.54) is 0 Å². The normalized spacial score (nSPS) is 18.2. The Balaban J connectivity index is 1.99. The first-order chi connectivity index (χ1) is 12.0. The first-order valence-corrected chi connectivity index (χ1v) is 8.74. The van der Waals surface area contributed by atoms with Crippen LogP contribution >= 0.6 is 11.6 Å². The van der Waals surface area contributed by atoms with E-state index in [-0.39, 0.29) is 24.4 Å². The van der Waals surface area contributed by atoms with E-state index >= 15 is 0 Å². The van der Waals surface area contributed by atoms with Crippen LogP contribution in [0.2, 0.25) is 5.02 Å². The summed E-state index contributed by atoms with van der Waals surface area (Å²) in [7, 11) is 0. The van der Waals surface area contributed by atoms with Gasteiger partial charge < -0.3 is 9.80 Å². The van der Waals surface area contributed by atoms with Gasteiger partial charge in [0.25, 0.3) is 5.91 Å². The summed E-state index contributed by atoms with van der Waals surface area (Å²) in [5.74, 6) is -0.0926. The molecule has 0 N–H and O–H groups in total. The van der Waals surface area contributed by atoms with Gasteiger partial charge in [0.1, 0.15) is 12.6 Å². The Morgan fingerprint density at radius 3 is 2.28 bits per heavy atom. The fourth-order valence-corrected chi connectivity index (χ4v) is 3.24. The van der Waals surface area contributed by atoms with Crippen molar-refractivity contribution in [2.75, 3.05) is 6.54 Å². The summed E-state index contributed by atoms with van der Waals surface area (Å²) in [6.07, 6.45) is 0. The van der Waals surface area contributed by atoms with Crippen LogP contribution in [-0.4, -0.2) is 34.2 Å². The molecule has 0 bridgehead atoms. The summed E-state index contributed by atoms with van der Waals surface area (Å²) in [6.45, 7) is 4.38.